The maximum atomic E-state index is 12.3. The van der Waals surface area contributed by atoms with Crippen LogP contribution in [-0.4, -0.2) is 14.3 Å². The molecular formula is C17H20N2O3S. The molecule has 0 spiro atoms. The minimum atomic E-state index is -3.86. The molecule has 0 fully saturated rings. The van der Waals surface area contributed by atoms with Gasteiger partial charge in [0, 0.05) is 12.1 Å². The van der Waals surface area contributed by atoms with Crippen molar-refractivity contribution in [1.82, 2.24) is 5.32 Å². The molecule has 0 saturated heterocycles. The Morgan fingerprint density at radius 3 is 2.26 bits per heavy atom. The summed E-state index contributed by atoms with van der Waals surface area (Å²) < 4.78 is 23.3. The van der Waals surface area contributed by atoms with E-state index in [1.807, 2.05) is 31.2 Å². The molecule has 2 aromatic rings. The van der Waals surface area contributed by atoms with E-state index in [1.165, 1.54) is 6.07 Å². The number of rotatable bonds is 4. The molecule has 1 amide bonds. The number of amides is 1. The van der Waals surface area contributed by atoms with Gasteiger partial charge in [-0.1, -0.05) is 29.8 Å². The van der Waals surface area contributed by atoms with Crippen LogP contribution < -0.4 is 10.5 Å². The molecule has 0 aromatic heterocycles. The fraction of sp³-hybridized carbons (Fsp3) is 0.235. The molecule has 0 aliphatic rings. The van der Waals surface area contributed by atoms with Gasteiger partial charge in [0.15, 0.2) is 0 Å². The van der Waals surface area contributed by atoms with E-state index in [4.69, 9.17) is 5.14 Å². The second kappa shape index (κ2) is 6.52. The highest BCUT2D eigenvalue weighted by atomic mass is 32.2. The molecule has 0 unspecified atom stereocenters. The first kappa shape index (κ1) is 17.2. The Hall–Kier alpha value is -2.18. The Balaban J connectivity index is 2.22. The zero-order valence-corrected chi connectivity index (χ0v) is 14.2. The van der Waals surface area contributed by atoms with Crippen molar-refractivity contribution in [2.75, 3.05) is 0 Å². The number of hydrogen-bond donors (Lipinski definition) is 2. The van der Waals surface area contributed by atoms with Gasteiger partial charge in [-0.15, -0.1) is 0 Å². The Labute approximate surface area is 136 Å². The third kappa shape index (κ3) is 4.18. The van der Waals surface area contributed by atoms with Crippen molar-refractivity contribution in [3.05, 3.63) is 64.2 Å². The fourth-order valence-electron chi connectivity index (χ4n) is 2.24. The molecule has 0 heterocycles. The highest BCUT2D eigenvalue weighted by molar-refractivity contribution is 7.89. The SMILES string of the molecule is Cc1ccc(CNC(=O)c2cc(C)c(C)c(S(N)(=O)=O)c2)cc1. The number of benzene rings is 2. The predicted octanol–water partition coefficient (Wildman–Crippen LogP) is 2.19. The van der Waals surface area contributed by atoms with Crippen LogP contribution in [0.3, 0.4) is 0 Å². The van der Waals surface area contributed by atoms with E-state index >= 15 is 0 Å². The largest absolute Gasteiger partial charge is 0.348 e. The molecule has 0 aliphatic heterocycles. The minimum absolute atomic E-state index is 0.0158. The molecule has 0 saturated carbocycles. The fourth-order valence-corrected chi connectivity index (χ4v) is 3.12. The molecule has 23 heavy (non-hydrogen) atoms. The van der Waals surface area contributed by atoms with Crippen LogP contribution >= 0.6 is 0 Å². The zero-order chi connectivity index (χ0) is 17.2. The number of nitrogens with one attached hydrogen (secondary N) is 1. The summed E-state index contributed by atoms with van der Waals surface area (Å²) in [5, 5.41) is 8.00. The number of aryl methyl sites for hydroxylation is 2. The normalized spacial score (nSPS) is 11.3. The van der Waals surface area contributed by atoms with Crippen molar-refractivity contribution in [3.8, 4) is 0 Å². The number of sulfonamides is 1. The lowest BCUT2D eigenvalue weighted by Gasteiger charge is -2.11. The molecule has 0 aliphatic carbocycles. The quantitative estimate of drug-likeness (QED) is 0.899. The van der Waals surface area contributed by atoms with Crippen LogP contribution in [0.5, 0.6) is 0 Å². The molecule has 0 bridgehead atoms. The Kier molecular flexibility index (Phi) is 4.87. The first-order chi connectivity index (χ1) is 10.7. The summed E-state index contributed by atoms with van der Waals surface area (Å²) in [6.07, 6.45) is 0. The third-order valence-electron chi connectivity index (χ3n) is 3.76. The van der Waals surface area contributed by atoms with Gasteiger partial charge in [-0.25, -0.2) is 13.6 Å². The summed E-state index contributed by atoms with van der Waals surface area (Å²) in [7, 11) is -3.86. The highest BCUT2D eigenvalue weighted by Crippen LogP contribution is 2.20. The van der Waals surface area contributed by atoms with E-state index in [-0.39, 0.29) is 16.4 Å². The van der Waals surface area contributed by atoms with Crippen LogP contribution in [0.15, 0.2) is 41.3 Å². The van der Waals surface area contributed by atoms with Gasteiger partial charge in [0.25, 0.3) is 5.91 Å². The van der Waals surface area contributed by atoms with Gasteiger partial charge in [0.05, 0.1) is 4.90 Å². The molecule has 2 aromatic carbocycles. The molecule has 2 rings (SSSR count). The van der Waals surface area contributed by atoms with Crippen LogP contribution in [0.2, 0.25) is 0 Å². The number of nitrogens with two attached hydrogens (primary N) is 1. The minimum Gasteiger partial charge on any atom is -0.348 e. The van der Waals surface area contributed by atoms with Crippen molar-refractivity contribution in [2.24, 2.45) is 5.14 Å². The van der Waals surface area contributed by atoms with Gasteiger partial charge >= 0.3 is 0 Å². The highest BCUT2D eigenvalue weighted by Gasteiger charge is 2.17. The van der Waals surface area contributed by atoms with Crippen LogP contribution in [0.25, 0.3) is 0 Å². The van der Waals surface area contributed by atoms with Crippen molar-refractivity contribution in [1.29, 1.82) is 0 Å². The summed E-state index contributed by atoms with van der Waals surface area (Å²) in [6, 6.07) is 10.8. The summed E-state index contributed by atoms with van der Waals surface area (Å²) in [5.41, 5.74) is 3.66. The van der Waals surface area contributed by atoms with Gasteiger partial charge in [0.2, 0.25) is 10.0 Å². The standard InChI is InChI=1S/C17H20N2O3S/c1-11-4-6-14(7-5-11)10-19-17(20)15-8-12(2)13(3)16(9-15)23(18,21)22/h4-9H,10H2,1-3H3,(H,19,20)(H2,18,21,22). The lowest BCUT2D eigenvalue weighted by molar-refractivity contribution is 0.0950. The average Bonchev–Trinajstić information content (AvgIpc) is 2.47. The summed E-state index contributed by atoms with van der Waals surface area (Å²) in [4.78, 5) is 12.3. The first-order valence-electron chi connectivity index (χ1n) is 7.16. The van der Waals surface area contributed by atoms with E-state index in [2.05, 4.69) is 5.32 Å². The van der Waals surface area contributed by atoms with E-state index in [1.54, 1.807) is 19.9 Å². The van der Waals surface area contributed by atoms with Gasteiger partial charge in [0.1, 0.15) is 0 Å². The van der Waals surface area contributed by atoms with Gasteiger partial charge in [-0.05, 0) is 49.6 Å². The first-order valence-corrected chi connectivity index (χ1v) is 8.71. The topological polar surface area (TPSA) is 89.3 Å². The van der Waals surface area contributed by atoms with Gasteiger partial charge < -0.3 is 5.32 Å². The second-order valence-corrected chi connectivity index (χ2v) is 7.16. The molecule has 0 atom stereocenters. The van der Waals surface area contributed by atoms with E-state index in [9.17, 15) is 13.2 Å². The average molecular weight is 332 g/mol. The summed E-state index contributed by atoms with van der Waals surface area (Å²) in [5.74, 6) is -0.335. The van der Waals surface area contributed by atoms with Crippen molar-refractivity contribution in [3.63, 3.8) is 0 Å². The van der Waals surface area contributed by atoms with Crippen LogP contribution in [0.4, 0.5) is 0 Å². The van der Waals surface area contributed by atoms with Crippen molar-refractivity contribution < 1.29 is 13.2 Å². The monoisotopic (exact) mass is 332 g/mol. The maximum Gasteiger partial charge on any atom is 0.251 e. The van der Waals surface area contributed by atoms with Gasteiger partial charge in [-0.2, -0.15) is 0 Å². The number of primary sulfonamides is 1. The molecule has 0 radical (unpaired) electrons. The number of carbonyl (C=O) groups is 1. The Morgan fingerprint density at radius 2 is 1.70 bits per heavy atom. The van der Waals surface area contributed by atoms with Crippen LogP contribution in [0, 0.1) is 20.8 Å². The summed E-state index contributed by atoms with van der Waals surface area (Å²) in [6.45, 7) is 5.78. The zero-order valence-electron chi connectivity index (χ0n) is 13.4. The number of carbonyl (C=O) groups excluding carboxylic acids is 1. The lowest BCUT2D eigenvalue weighted by atomic mass is 10.1. The second-order valence-electron chi connectivity index (χ2n) is 5.63. The van der Waals surface area contributed by atoms with Crippen molar-refractivity contribution >= 4 is 15.9 Å². The molecular weight excluding hydrogens is 312 g/mol. The van der Waals surface area contributed by atoms with Crippen LogP contribution in [0.1, 0.15) is 32.6 Å². The summed E-state index contributed by atoms with van der Waals surface area (Å²) >= 11 is 0. The van der Waals surface area contributed by atoms with E-state index in [0.717, 1.165) is 11.1 Å². The van der Waals surface area contributed by atoms with E-state index < -0.39 is 10.0 Å². The predicted molar refractivity (Wildman–Crippen MR) is 89.6 cm³/mol. The Bertz CT molecular complexity index is 841. The van der Waals surface area contributed by atoms with Gasteiger partial charge in [-0.3, -0.25) is 4.79 Å². The molecule has 5 nitrogen and oxygen atoms in total. The van der Waals surface area contributed by atoms with Crippen molar-refractivity contribution in [2.45, 2.75) is 32.2 Å². The maximum absolute atomic E-state index is 12.3. The van der Waals surface area contributed by atoms with Crippen LogP contribution in [-0.2, 0) is 16.6 Å². The lowest BCUT2D eigenvalue weighted by Crippen LogP contribution is -2.24. The number of hydrogen-bond acceptors (Lipinski definition) is 3. The smallest absolute Gasteiger partial charge is 0.251 e. The molecule has 6 heteroatoms. The Morgan fingerprint density at radius 1 is 1.09 bits per heavy atom. The molecule has 122 valence electrons. The van der Waals surface area contributed by atoms with E-state index in [0.29, 0.717) is 17.7 Å². The molecule has 3 N–H and O–H groups in total. The third-order valence-corrected chi connectivity index (χ3v) is 4.80.